The quantitative estimate of drug-likeness (QED) is 0.493. The van der Waals surface area contributed by atoms with Gasteiger partial charge in [-0.05, 0) is 6.92 Å². The van der Waals surface area contributed by atoms with E-state index in [0.29, 0.717) is 0 Å². The van der Waals surface area contributed by atoms with E-state index in [0.717, 1.165) is 7.11 Å². The molecule has 0 heterocycles. The summed E-state index contributed by atoms with van der Waals surface area (Å²) >= 11 is 11.0. The molecule has 5 heteroatoms. The summed E-state index contributed by atoms with van der Waals surface area (Å²) in [5, 5.41) is 7.70. The lowest BCUT2D eigenvalue weighted by Crippen LogP contribution is -2.39. The van der Waals surface area contributed by atoms with Crippen molar-refractivity contribution in [3.05, 3.63) is 0 Å². The fourth-order valence-corrected chi connectivity index (χ4v) is 0.661. The van der Waals surface area contributed by atoms with Gasteiger partial charge in [0.05, 0.1) is 18.6 Å². The number of hydrogen-bond donors (Lipinski definition) is 0. The number of rotatable bonds is 2. The van der Waals surface area contributed by atoms with Gasteiger partial charge in [-0.2, -0.15) is 5.26 Å². The van der Waals surface area contributed by atoms with E-state index < -0.39 is 16.2 Å². The average Bonchev–Trinajstić information content (AvgIpc) is 2.01. The highest BCUT2D eigenvalue weighted by Crippen LogP contribution is 2.24. The second kappa shape index (κ2) is 3.80. The number of hydrogen-bond acceptors (Lipinski definition) is 3. The Labute approximate surface area is 74.8 Å². The molecule has 3 nitrogen and oxygen atoms in total. The molecule has 11 heavy (non-hydrogen) atoms. The SMILES string of the molecule is COC(=O)C(Cl)(C#N)C(C)Cl. The lowest BCUT2D eigenvalue weighted by Gasteiger charge is -2.17. The molecule has 0 aliphatic carbocycles. The molecule has 2 atom stereocenters. The molecule has 0 aromatic heterocycles. The van der Waals surface area contributed by atoms with Gasteiger partial charge in [0.25, 0.3) is 0 Å². The zero-order valence-electron chi connectivity index (χ0n) is 6.10. The molecule has 0 fully saturated rings. The Bertz CT molecular complexity index is 199. The van der Waals surface area contributed by atoms with Crippen molar-refractivity contribution in [3.8, 4) is 6.07 Å². The molecule has 0 aliphatic heterocycles. The van der Waals surface area contributed by atoms with Gasteiger partial charge in [0.2, 0.25) is 4.87 Å². The van der Waals surface area contributed by atoms with E-state index in [1.165, 1.54) is 6.92 Å². The fourth-order valence-electron chi connectivity index (χ4n) is 0.446. The third-order valence-electron chi connectivity index (χ3n) is 1.19. The number of ether oxygens (including phenoxy) is 1. The van der Waals surface area contributed by atoms with Crippen molar-refractivity contribution >= 4 is 29.2 Å². The maximum absolute atomic E-state index is 10.8. The number of esters is 1. The zero-order chi connectivity index (χ0) is 9.07. The van der Waals surface area contributed by atoms with Crippen molar-refractivity contribution < 1.29 is 9.53 Å². The summed E-state index contributed by atoms with van der Waals surface area (Å²) in [7, 11) is 1.15. The predicted molar refractivity (Wildman–Crippen MR) is 41.5 cm³/mol. The molecule has 0 aromatic rings. The Morgan fingerprint density at radius 1 is 1.82 bits per heavy atom. The minimum absolute atomic E-state index is 0.790. The normalized spacial score (nSPS) is 17.7. The number of nitriles is 1. The van der Waals surface area contributed by atoms with E-state index in [4.69, 9.17) is 28.5 Å². The van der Waals surface area contributed by atoms with Gasteiger partial charge in [-0.25, -0.2) is 4.79 Å². The van der Waals surface area contributed by atoms with E-state index in [1.54, 1.807) is 6.07 Å². The number of halogens is 2. The molecule has 0 rings (SSSR count). The minimum atomic E-state index is -1.77. The summed E-state index contributed by atoms with van der Waals surface area (Å²) in [4.78, 5) is 9.08. The van der Waals surface area contributed by atoms with Crippen LogP contribution in [-0.4, -0.2) is 23.3 Å². The van der Waals surface area contributed by atoms with E-state index in [2.05, 4.69) is 4.74 Å². The fraction of sp³-hybridized carbons (Fsp3) is 0.667. The molecule has 62 valence electrons. The van der Waals surface area contributed by atoms with Crippen molar-refractivity contribution in [3.63, 3.8) is 0 Å². The maximum atomic E-state index is 10.8. The minimum Gasteiger partial charge on any atom is -0.467 e. The van der Waals surface area contributed by atoms with Crippen molar-refractivity contribution in [2.24, 2.45) is 0 Å². The Balaban J connectivity index is 4.64. The van der Waals surface area contributed by atoms with Crippen LogP contribution in [0.4, 0.5) is 0 Å². The molecule has 0 saturated heterocycles. The Morgan fingerprint density at radius 2 is 2.27 bits per heavy atom. The van der Waals surface area contributed by atoms with Crippen LogP contribution < -0.4 is 0 Å². The standard InChI is InChI=1S/C6H7Cl2NO2/c1-4(7)6(8,3-9)5(10)11-2/h4H,1-2H3. The number of carbonyl (C=O) groups is 1. The van der Waals surface area contributed by atoms with Gasteiger partial charge in [-0.15, -0.1) is 11.6 Å². The highest BCUT2D eigenvalue weighted by molar-refractivity contribution is 6.42. The van der Waals surface area contributed by atoms with Crippen LogP contribution in [0, 0.1) is 11.3 Å². The van der Waals surface area contributed by atoms with Crippen LogP contribution in [0.25, 0.3) is 0 Å². The molecule has 0 N–H and O–H groups in total. The smallest absolute Gasteiger partial charge is 0.343 e. The van der Waals surface area contributed by atoms with E-state index in [1.807, 2.05) is 0 Å². The molecule has 0 radical (unpaired) electrons. The van der Waals surface area contributed by atoms with Crippen LogP contribution in [0.5, 0.6) is 0 Å². The molecule has 2 unspecified atom stereocenters. The highest BCUT2D eigenvalue weighted by Gasteiger charge is 2.42. The topological polar surface area (TPSA) is 50.1 Å². The van der Waals surface area contributed by atoms with Crippen LogP contribution in [0.15, 0.2) is 0 Å². The first-order valence-corrected chi connectivity index (χ1v) is 3.63. The van der Waals surface area contributed by atoms with Crippen LogP contribution in [-0.2, 0) is 9.53 Å². The van der Waals surface area contributed by atoms with Gasteiger partial charge in [-0.3, -0.25) is 0 Å². The van der Waals surface area contributed by atoms with Crippen molar-refractivity contribution in [1.29, 1.82) is 5.26 Å². The van der Waals surface area contributed by atoms with E-state index >= 15 is 0 Å². The first-order valence-electron chi connectivity index (χ1n) is 2.81. The largest absolute Gasteiger partial charge is 0.467 e. The Hall–Kier alpha value is -0.460. The van der Waals surface area contributed by atoms with Crippen LogP contribution >= 0.6 is 23.2 Å². The van der Waals surface area contributed by atoms with Gasteiger partial charge < -0.3 is 4.74 Å². The molecular formula is C6H7Cl2NO2. The Morgan fingerprint density at radius 3 is 2.36 bits per heavy atom. The summed E-state index contributed by atoms with van der Waals surface area (Å²) in [6, 6.07) is 1.59. The summed E-state index contributed by atoms with van der Waals surface area (Å²) in [5.74, 6) is -0.829. The van der Waals surface area contributed by atoms with Gasteiger partial charge in [0.1, 0.15) is 0 Å². The molecule has 0 spiro atoms. The molecular weight excluding hydrogens is 189 g/mol. The molecule has 0 saturated carbocycles. The molecule has 0 bridgehead atoms. The van der Waals surface area contributed by atoms with E-state index in [-0.39, 0.29) is 0 Å². The third-order valence-corrected chi connectivity index (χ3v) is 2.20. The molecule has 0 aliphatic rings. The van der Waals surface area contributed by atoms with Gasteiger partial charge in [0.15, 0.2) is 0 Å². The average molecular weight is 196 g/mol. The van der Waals surface area contributed by atoms with Crippen LogP contribution in [0.3, 0.4) is 0 Å². The first kappa shape index (κ1) is 10.5. The highest BCUT2D eigenvalue weighted by atomic mass is 35.5. The number of nitrogens with zero attached hydrogens (tertiary/aromatic N) is 1. The second-order valence-electron chi connectivity index (χ2n) is 1.93. The number of methoxy groups -OCH3 is 1. The number of carbonyl (C=O) groups excluding carboxylic acids is 1. The van der Waals surface area contributed by atoms with Crippen molar-refractivity contribution in [1.82, 2.24) is 0 Å². The van der Waals surface area contributed by atoms with Crippen molar-refractivity contribution in [2.45, 2.75) is 17.2 Å². The van der Waals surface area contributed by atoms with Gasteiger partial charge >= 0.3 is 5.97 Å². The third kappa shape index (κ3) is 1.98. The first-order chi connectivity index (χ1) is 4.99. The Kier molecular flexibility index (Phi) is 3.64. The summed E-state index contributed by atoms with van der Waals surface area (Å²) < 4.78 is 4.29. The summed E-state index contributed by atoms with van der Waals surface area (Å²) in [6.07, 6.45) is 0. The lowest BCUT2D eigenvalue weighted by molar-refractivity contribution is -0.142. The van der Waals surface area contributed by atoms with Gasteiger partial charge in [0, 0.05) is 0 Å². The lowest BCUT2D eigenvalue weighted by atomic mass is 10.1. The van der Waals surface area contributed by atoms with Crippen LogP contribution in [0.1, 0.15) is 6.92 Å². The van der Waals surface area contributed by atoms with E-state index in [9.17, 15) is 4.79 Å². The van der Waals surface area contributed by atoms with Crippen LogP contribution in [0.2, 0.25) is 0 Å². The van der Waals surface area contributed by atoms with Gasteiger partial charge in [-0.1, -0.05) is 11.6 Å². The summed E-state index contributed by atoms with van der Waals surface area (Å²) in [5.41, 5.74) is 0. The maximum Gasteiger partial charge on any atom is 0.343 e. The zero-order valence-corrected chi connectivity index (χ0v) is 7.61. The molecule has 0 aromatic carbocycles. The van der Waals surface area contributed by atoms with Crippen molar-refractivity contribution in [2.75, 3.05) is 7.11 Å². The number of alkyl halides is 2. The predicted octanol–water partition coefficient (Wildman–Crippen LogP) is 1.29. The molecule has 0 amide bonds. The monoisotopic (exact) mass is 195 g/mol. The summed E-state index contributed by atoms with van der Waals surface area (Å²) in [6.45, 7) is 1.45. The second-order valence-corrected chi connectivity index (χ2v) is 3.18.